The van der Waals surface area contributed by atoms with Gasteiger partial charge in [-0.15, -0.1) is 0 Å². The molecule has 152 valence electrons. The summed E-state index contributed by atoms with van der Waals surface area (Å²) in [6.45, 7) is 4.19. The monoisotopic (exact) mass is 417 g/mol. The first-order chi connectivity index (χ1) is 13.8. The summed E-state index contributed by atoms with van der Waals surface area (Å²) in [4.78, 5) is 41.0. The molecule has 6 nitrogen and oxygen atoms in total. The van der Waals surface area contributed by atoms with E-state index in [1.54, 1.807) is 24.3 Å². The average Bonchev–Trinajstić information content (AvgIpc) is 2.88. The number of amides is 4. The standard InChI is InChI=1S/C21H21ClFN3O3/c1-13(2)12-25-18(11-19(27)24-16-7-5-15(23)6-8-16)20(28)26(21(25)29)17-9-3-14(22)4-10-17/h3-10,13,18H,11-12H2,1-2H3,(H,24,27). The molecule has 1 heterocycles. The fourth-order valence-electron chi connectivity index (χ4n) is 3.18. The van der Waals surface area contributed by atoms with Crippen molar-refractivity contribution >= 4 is 40.8 Å². The molecule has 0 spiro atoms. The number of rotatable bonds is 6. The largest absolute Gasteiger partial charge is 0.332 e. The van der Waals surface area contributed by atoms with Gasteiger partial charge in [0.2, 0.25) is 5.91 Å². The van der Waals surface area contributed by atoms with E-state index >= 15 is 0 Å². The first-order valence-electron chi connectivity index (χ1n) is 9.22. The highest BCUT2D eigenvalue weighted by atomic mass is 35.5. The van der Waals surface area contributed by atoms with Crippen molar-refractivity contribution in [2.24, 2.45) is 5.92 Å². The maximum absolute atomic E-state index is 13.0. The van der Waals surface area contributed by atoms with Crippen LogP contribution in [0.1, 0.15) is 20.3 Å². The molecule has 1 unspecified atom stereocenters. The van der Waals surface area contributed by atoms with Crippen molar-refractivity contribution in [3.63, 3.8) is 0 Å². The number of carbonyl (C=O) groups excluding carboxylic acids is 3. The quantitative estimate of drug-likeness (QED) is 0.712. The van der Waals surface area contributed by atoms with Crippen LogP contribution in [0, 0.1) is 11.7 Å². The van der Waals surface area contributed by atoms with Gasteiger partial charge in [0.1, 0.15) is 11.9 Å². The Hall–Kier alpha value is -2.93. The van der Waals surface area contributed by atoms with Gasteiger partial charge in [0.05, 0.1) is 12.1 Å². The lowest BCUT2D eigenvalue weighted by Gasteiger charge is -2.23. The smallest absolute Gasteiger partial charge is 0.326 e. The molecular weight excluding hydrogens is 397 g/mol. The first kappa shape index (κ1) is 20.8. The van der Waals surface area contributed by atoms with Crippen molar-refractivity contribution in [3.05, 3.63) is 59.4 Å². The normalized spacial score (nSPS) is 16.7. The summed E-state index contributed by atoms with van der Waals surface area (Å²) in [5.74, 6) is -1.21. The van der Waals surface area contributed by atoms with Crippen molar-refractivity contribution in [1.82, 2.24) is 4.90 Å². The molecular formula is C21H21ClFN3O3. The third-order valence-corrected chi connectivity index (χ3v) is 4.72. The topological polar surface area (TPSA) is 69.7 Å². The summed E-state index contributed by atoms with van der Waals surface area (Å²) in [5.41, 5.74) is 0.817. The highest BCUT2D eigenvalue weighted by Crippen LogP contribution is 2.28. The maximum Gasteiger partial charge on any atom is 0.332 e. The lowest BCUT2D eigenvalue weighted by atomic mass is 10.1. The SMILES string of the molecule is CC(C)CN1C(=O)N(c2ccc(Cl)cc2)C(=O)C1CC(=O)Nc1ccc(F)cc1. The van der Waals surface area contributed by atoms with Crippen LogP contribution in [0.4, 0.5) is 20.6 Å². The van der Waals surface area contributed by atoms with Gasteiger partial charge in [-0.05, 0) is 54.4 Å². The van der Waals surface area contributed by atoms with Gasteiger partial charge in [-0.25, -0.2) is 14.1 Å². The molecule has 0 aromatic heterocycles. The number of nitrogens with one attached hydrogen (secondary N) is 1. The van der Waals surface area contributed by atoms with Gasteiger partial charge < -0.3 is 10.2 Å². The molecule has 3 rings (SSSR count). The van der Waals surface area contributed by atoms with E-state index in [-0.39, 0.29) is 12.3 Å². The number of imide groups is 1. The summed E-state index contributed by atoms with van der Waals surface area (Å²) in [6, 6.07) is 10.3. The van der Waals surface area contributed by atoms with Gasteiger partial charge in [0, 0.05) is 17.3 Å². The molecule has 1 atom stereocenters. The number of benzene rings is 2. The number of hydrogen-bond acceptors (Lipinski definition) is 3. The molecule has 2 aromatic carbocycles. The molecule has 0 radical (unpaired) electrons. The van der Waals surface area contributed by atoms with E-state index in [0.29, 0.717) is 22.9 Å². The molecule has 1 saturated heterocycles. The molecule has 1 N–H and O–H groups in total. The van der Waals surface area contributed by atoms with Crippen LogP contribution in [-0.4, -0.2) is 35.3 Å². The molecule has 0 bridgehead atoms. The highest BCUT2D eigenvalue weighted by molar-refractivity contribution is 6.30. The number of urea groups is 1. The number of nitrogens with zero attached hydrogens (tertiary/aromatic N) is 2. The highest BCUT2D eigenvalue weighted by Gasteiger charge is 2.46. The number of hydrogen-bond donors (Lipinski definition) is 1. The Morgan fingerprint density at radius 1 is 1.10 bits per heavy atom. The zero-order chi connectivity index (χ0) is 21.1. The minimum absolute atomic E-state index is 0.111. The number of anilines is 2. The third kappa shape index (κ3) is 4.74. The zero-order valence-corrected chi connectivity index (χ0v) is 16.8. The second kappa shape index (κ2) is 8.61. The molecule has 1 aliphatic heterocycles. The predicted octanol–water partition coefficient (Wildman–Crippen LogP) is 4.30. The van der Waals surface area contributed by atoms with Crippen molar-refractivity contribution in [2.45, 2.75) is 26.3 Å². The minimum atomic E-state index is -0.916. The second-order valence-corrected chi connectivity index (χ2v) is 7.69. The van der Waals surface area contributed by atoms with E-state index in [4.69, 9.17) is 11.6 Å². The summed E-state index contributed by atoms with van der Waals surface area (Å²) in [7, 11) is 0. The van der Waals surface area contributed by atoms with E-state index in [1.807, 2.05) is 13.8 Å². The van der Waals surface area contributed by atoms with Gasteiger partial charge in [-0.2, -0.15) is 0 Å². The fourth-order valence-corrected chi connectivity index (χ4v) is 3.31. The Balaban J connectivity index is 1.81. The Morgan fingerprint density at radius 2 is 1.72 bits per heavy atom. The Morgan fingerprint density at radius 3 is 2.31 bits per heavy atom. The lowest BCUT2D eigenvalue weighted by molar-refractivity contribution is -0.124. The summed E-state index contributed by atoms with van der Waals surface area (Å²) in [6.07, 6.45) is -0.196. The van der Waals surface area contributed by atoms with E-state index in [0.717, 1.165) is 4.90 Å². The summed E-state index contributed by atoms with van der Waals surface area (Å²) < 4.78 is 13.0. The van der Waals surface area contributed by atoms with Crippen LogP contribution in [0.25, 0.3) is 0 Å². The second-order valence-electron chi connectivity index (χ2n) is 7.25. The Bertz CT molecular complexity index is 916. The van der Waals surface area contributed by atoms with Crippen molar-refractivity contribution in [3.8, 4) is 0 Å². The first-order valence-corrected chi connectivity index (χ1v) is 9.59. The molecule has 29 heavy (non-hydrogen) atoms. The molecule has 1 fully saturated rings. The van der Waals surface area contributed by atoms with E-state index in [1.165, 1.54) is 29.2 Å². The van der Waals surface area contributed by atoms with E-state index < -0.39 is 29.7 Å². The Kier molecular flexibility index (Phi) is 6.17. The van der Waals surface area contributed by atoms with Crippen molar-refractivity contribution in [2.75, 3.05) is 16.8 Å². The molecule has 1 aliphatic rings. The zero-order valence-electron chi connectivity index (χ0n) is 16.1. The molecule has 4 amide bonds. The average molecular weight is 418 g/mol. The van der Waals surface area contributed by atoms with Crippen LogP contribution in [-0.2, 0) is 9.59 Å². The third-order valence-electron chi connectivity index (χ3n) is 4.47. The van der Waals surface area contributed by atoms with Crippen LogP contribution in [0.15, 0.2) is 48.5 Å². The fraction of sp³-hybridized carbons (Fsp3) is 0.286. The molecule has 0 aliphatic carbocycles. The van der Waals surface area contributed by atoms with Gasteiger partial charge in [0.15, 0.2) is 0 Å². The predicted molar refractivity (Wildman–Crippen MR) is 109 cm³/mol. The van der Waals surface area contributed by atoms with Crippen molar-refractivity contribution < 1.29 is 18.8 Å². The van der Waals surface area contributed by atoms with Crippen molar-refractivity contribution in [1.29, 1.82) is 0 Å². The van der Waals surface area contributed by atoms with Gasteiger partial charge in [-0.1, -0.05) is 25.4 Å². The minimum Gasteiger partial charge on any atom is -0.326 e. The molecule has 2 aromatic rings. The van der Waals surface area contributed by atoms with Gasteiger partial charge in [-0.3, -0.25) is 9.59 Å². The lowest BCUT2D eigenvalue weighted by Crippen LogP contribution is -2.40. The molecule has 8 heteroatoms. The van der Waals surface area contributed by atoms with Crippen LogP contribution in [0.3, 0.4) is 0 Å². The number of halogens is 2. The van der Waals surface area contributed by atoms with Crippen LogP contribution in [0.2, 0.25) is 5.02 Å². The maximum atomic E-state index is 13.0. The number of carbonyl (C=O) groups is 3. The Labute approximate surface area is 173 Å². The van der Waals surface area contributed by atoms with E-state index in [2.05, 4.69) is 5.32 Å². The van der Waals surface area contributed by atoms with Crippen LogP contribution in [0.5, 0.6) is 0 Å². The van der Waals surface area contributed by atoms with Crippen LogP contribution < -0.4 is 10.2 Å². The summed E-state index contributed by atoms with van der Waals surface area (Å²) >= 11 is 5.90. The van der Waals surface area contributed by atoms with Gasteiger partial charge in [0.25, 0.3) is 5.91 Å². The van der Waals surface area contributed by atoms with Crippen LogP contribution >= 0.6 is 11.6 Å². The van der Waals surface area contributed by atoms with Gasteiger partial charge >= 0.3 is 6.03 Å². The van der Waals surface area contributed by atoms with E-state index in [9.17, 15) is 18.8 Å². The summed E-state index contributed by atoms with van der Waals surface area (Å²) in [5, 5.41) is 3.12. The molecule has 0 saturated carbocycles.